The summed E-state index contributed by atoms with van der Waals surface area (Å²) in [7, 11) is 0. The van der Waals surface area contributed by atoms with Gasteiger partial charge in [0.15, 0.2) is 0 Å². The average Bonchev–Trinajstić information content (AvgIpc) is 3.16. The van der Waals surface area contributed by atoms with Gasteiger partial charge in [0.25, 0.3) is 0 Å². The summed E-state index contributed by atoms with van der Waals surface area (Å²) < 4.78 is 0. The van der Waals surface area contributed by atoms with Crippen LogP contribution in [0.4, 0.5) is 11.4 Å². The van der Waals surface area contributed by atoms with E-state index in [1.165, 1.54) is 5.56 Å². The van der Waals surface area contributed by atoms with Crippen LogP contribution in [-0.4, -0.2) is 17.6 Å². The third-order valence-corrected chi connectivity index (χ3v) is 6.95. The van der Waals surface area contributed by atoms with Crippen molar-refractivity contribution in [3.05, 3.63) is 59.7 Å². The summed E-state index contributed by atoms with van der Waals surface area (Å²) in [6.45, 7) is 6.33. The number of rotatable bonds is 9. The molecule has 0 bridgehead atoms. The van der Waals surface area contributed by atoms with E-state index >= 15 is 0 Å². The number of thioether (sulfide) groups is 1. The summed E-state index contributed by atoms with van der Waals surface area (Å²) in [5.74, 6) is 0.790. The van der Waals surface area contributed by atoms with Gasteiger partial charge in [0, 0.05) is 17.3 Å². The Morgan fingerprint density at radius 3 is 2.53 bits per heavy atom. The smallest absolute Gasteiger partial charge is 0.238 e. The fourth-order valence-corrected chi connectivity index (χ4v) is 5.09. The van der Waals surface area contributed by atoms with Crippen LogP contribution in [0.25, 0.3) is 0 Å². The number of nitrogens with zero attached hydrogens (tertiary/aromatic N) is 1. The number of aryl methyl sites for hydroxylation is 1. The van der Waals surface area contributed by atoms with Crippen molar-refractivity contribution in [1.82, 2.24) is 0 Å². The summed E-state index contributed by atoms with van der Waals surface area (Å²) in [5.41, 5.74) is 4.07. The minimum atomic E-state index is -0.0390. The molecule has 0 saturated carbocycles. The third-order valence-electron chi connectivity index (χ3n) is 5.73. The van der Waals surface area contributed by atoms with Gasteiger partial charge in [-0.15, -0.1) is 11.8 Å². The number of hydrogen-bond donors (Lipinski definition) is 1. The number of amides is 2. The highest BCUT2D eigenvalue weighted by molar-refractivity contribution is 8.00. The van der Waals surface area contributed by atoms with Crippen molar-refractivity contribution in [2.75, 3.05) is 16.0 Å². The Morgan fingerprint density at radius 1 is 1.13 bits per heavy atom. The number of nitrogens with one attached hydrogen (secondary N) is 1. The topological polar surface area (TPSA) is 49.4 Å². The van der Waals surface area contributed by atoms with Gasteiger partial charge in [-0.05, 0) is 48.6 Å². The zero-order valence-corrected chi connectivity index (χ0v) is 19.0. The molecule has 0 radical (unpaired) electrons. The molecule has 1 aliphatic rings. The summed E-state index contributed by atoms with van der Waals surface area (Å²) >= 11 is 1.65. The number of para-hydroxylation sites is 1. The van der Waals surface area contributed by atoms with E-state index in [0.717, 1.165) is 49.0 Å². The second-order valence-corrected chi connectivity index (χ2v) is 8.84. The monoisotopic (exact) mass is 424 g/mol. The highest BCUT2D eigenvalue weighted by Crippen LogP contribution is 2.43. The van der Waals surface area contributed by atoms with Crippen LogP contribution in [-0.2, 0) is 16.0 Å². The summed E-state index contributed by atoms with van der Waals surface area (Å²) in [5, 5.41) is 3.02. The summed E-state index contributed by atoms with van der Waals surface area (Å²) in [4.78, 5) is 27.2. The van der Waals surface area contributed by atoms with Crippen molar-refractivity contribution in [3.8, 4) is 0 Å². The molecule has 1 aliphatic heterocycles. The van der Waals surface area contributed by atoms with Gasteiger partial charge in [0.1, 0.15) is 5.37 Å². The molecule has 2 atom stereocenters. The quantitative estimate of drug-likeness (QED) is 0.523. The molecule has 160 valence electrons. The van der Waals surface area contributed by atoms with Crippen LogP contribution in [0.3, 0.4) is 0 Å². The number of carbonyl (C=O) groups excluding carboxylic acids is 2. The third kappa shape index (κ3) is 5.07. The molecular weight excluding hydrogens is 392 g/mol. The van der Waals surface area contributed by atoms with Gasteiger partial charge in [-0.2, -0.15) is 0 Å². The van der Waals surface area contributed by atoms with Crippen molar-refractivity contribution >= 4 is 35.0 Å². The SMILES string of the molecule is CCCC[C@@H](CC)C(=O)Nc1ccc([C@H]2SCC(=O)N2c2ccccc2CC)cc1. The van der Waals surface area contributed by atoms with E-state index in [4.69, 9.17) is 0 Å². The molecule has 1 heterocycles. The highest BCUT2D eigenvalue weighted by atomic mass is 32.2. The van der Waals surface area contributed by atoms with E-state index in [0.29, 0.717) is 5.75 Å². The summed E-state index contributed by atoms with van der Waals surface area (Å²) in [6, 6.07) is 16.1. The predicted octanol–water partition coefficient (Wildman–Crippen LogP) is 6.18. The molecule has 2 amide bonds. The molecule has 2 aromatic rings. The van der Waals surface area contributed by atoms with Crippen LogP contribution >= 0.6 is 11.8 Å². The Morgan fingerprint density at radius 2 is 1.87 bits per heavy atom. The Kier molecular flexibility index (Phi) is 7.97. The molecule has 1 N–H and O–H groups in total. The van der Waals surface area contributed by atoms with Gasteiger partial charge >= 0.3 is 0 Å². The van der Waals surface area contributed by atoms with Crippen LogP contribution in [0.5, 0.6) is 0 Å². The zero-order valence-electron chi connectivity index (χ0n) is 18.2. The molecule has 0 aliphatic carbocycles. The molecule has 0 spiro atoms. The van der Waals surface area contributed by atoms with E-state index in [9.17, 15) is 9.59 Å². The number of anilines is 2. The maximum absolute atomic E-state index is 12.7. The van der Waals surface area contributed by atoms with Gasteiger partial charge in [0.2, 0.25) is 11.8 Å². The number of hydrogen-bond acceptors (Lipinski definition) is 3. The lowest BCUT2D eigenvalue weighted by Crippen LogP contribution is -2.28. The van der Waals surface area contributed by atoms with Gasteiger partial charge < -0.3 is 5.32 Å². The molecule has 0 unspecified atom stereocenters. The van der Waals surface area contributed by atoms with E-state index in [-0.39, 0.29) is 23.1 Å². The number of carbonyl (C=O) groups is 2. The Labute approximate surface area is 184 Å². The lowest BCUT2D eigenvalue weighted by molar-refractivity contribution is -0.120. The first-order chi connectivity index (χ1) is 14.6. The van der Waals surface area contributed by atoms with Crippen molar-refractivity contribution in [1.29, 1.82) is 0 Å². The molecule has 0 aromatic heterocycles. The van der Waals surface area contributed by atoms with E-state index < -0.39 is 0 Å². The first kappa shape index (κ1) is 22.4. The molecule has 1 fully saturated rings. The summed E-state index contributed by atoms with van der Waals surface area (Å²) in [6.07, 6.45) is 4.86. The number of benzene rings is 2. The molecule has 2 aromatic carbocycles. The van der Waals surface area contributed by atoms with Crippen LogP contribution < -0.4 is 10.2 Å². The Hall–Kier alpha value is -2.27. The first-order valence-corrected chi connectivity index (χ1v) is 12.1. The normalized spacial score (nSPS) is 17.2. The average molecular weight is 425 g/mol. The second-order valence-electron chi connectivity index (χ2n) is 7.77. The fourth-order valence-electron chi connectivity index (χ4n) is 3.92. The fraction of sp³-hybridized carbons (Fsp3) is 0.440. The van der Waals surface area contributed by atoms with E-state index in [1.807, 2.05) is 47.4 Å². The highest BCUT2D eigenvalue weighted by Gasteiger charge is 2.34. The first-order valence-electron chi connectivity index (χ1n) is 11.0. The van der Waals surface area contributed by atoms with E-state index in [2.05, 4.69) is 32.2 Å². The van der Waals surface area contributed by atoms with E-state index in [1.54, 1.807) is 11.8 Å². The van der Waals surface area contributed by atoms with Crippen LogP contribution in [0.2, 0.25) is 0 Å². The Balaban J connectivity index is 1.75. The maximum atomic E-state index is 12.7. The van der Waals surface area contributed by atoms with Crippen LogP contribution in [0, 0.1) is 5.92 Å². The molecule has 1 saturated heterocycles. The van der Waals surface area contributed by atoms with Gasteiger partial charge in [-0.3, -0.25) is 14.5 Å². The van der Waals surface area contributed by atoms with Crippen LogP contribution in [0.1, 0.15) is 63.0 Å². The molecule has 30 heavy (non-hydrogen) atoms. The van der Waals surface area contributed by atoms with Gasteiger partial charge in [-0.25, -0.2) is 0 Å². The largest absolute Gasteiger partial charge is 0.326 e. The number of unbranched alkanes of at least 4 members (excludes halogenated alkanes) is 1. The van der Waals surface area contributed by atoms with Gasteiger partial charge in [-0.1, -0.05) is 63.9 Å². The molecule has 3 rings (SSSR count). The predicted molar refractivity (Wildman–Crippen MR) is 127 cm³/mol. The zero-order chi connectivity index (χ0) is 21.5. The van der Waals surface area contributed by atoms with Crippen molar-refractivity contribution in [2.24, 2.45) is 5.92 Å². The van der Waals surface area contributed by atoms with Crippen molar-refractivity contribution < 1.29 is 9.59 Å². The Bertz CT molecular complexity index is 866. The second kappa shape index (κ2) is 10.7. The standard InChI is InChI=1S/C25H32N2O2S/c1-4-7-10-19(6-3)24(29)26-21-15-13-20(14-16-21)25-27(23(28)17-30-25)22-12-9-8-11-18(22)5-2/h8-9,11-16,19,25H,4-7,10,17H2,1-3H3,(H,26,29)/t19-,25-/m1/s1. The van der Waals surface area contributed by atoms with Crippen LogP contribution in [0.15, 0.2) is 48.5 Å². The molecule has 5 heteroatoms. The van der Waals surface area contributed by atoms with Crippen molar-refractivity contribution in [2.45, 2.75) is 58.2 Å². The maximum Gasteiger partial charge on any atom is 0.238 e. The lowest BCUT2D eigenvalue weighted by atomic mass is 9.98. The van der Waals surface area contributed by atoms with Crippen molar-refractivity contribution in [3.63, 3.8) is 0 Å². The molecular formula is C25H32N2O2S. The molecule has 4 nitrogen and oxygen atoms in total. The minimum Gasteiger partial charge on any atom is -0.326 e. The lowest BCUT2D eigenvalue weighted by Gasteiger charge is -2.26. The minimum absolute atomic E-state index is 0.0390. The van der Waals surface area contributed by atoms with Gasteiger partial charge in [0.05, 0.1) is 5.75 Å².